The van der Waals surface area contributed by atoms with Gasteiger partial charge in [-0.2, -0.15) is 0 Å². The van der Waals surface area contributed by atoms with Crippen molar-refractivity contribution in [2.24, 2.45) is 0 Å². The van der Waals surface area contributed by atoms with Crippen molar-refractivity contribution in [2.45, 2.75) is 0 Å². The van der Waals surface area contributed by atoms with Crippen molar-refractivity contribution in [3.05, 3.63) is 267 Å². The molecule has 0 atom stereocenters. The van der Waals surface area contributed by atoms with Crippen LogP contribution in [0.25, 0.3) is 43.6 Å². The molecule has 0 N–H and O–H groups in total. The molecule has 14 rings (SSSR count). The van der Waals surface area contributed by atoms with Gasteiger partial charge in [-0.15, -0.1) is 0 Å². The molecule has 14 aromatic rings. The molecule has 0 aliphatic carbocycles. The number of nitrogens with zero attached hydrogens (tertiary/aromatic N) is 6. The highest BCUT2D eigenvalue weighted by molar-refractivity contribution is 6.14. The zero-order valence-electron chi connectivity index (χ0n) is 53.4. The Hall–Kier alpha value is -12.2. The number of fused-ring (bicyclic) bond motifs is 6. The zero-order valence-corrected chi connectivity index (χ0v) is 53.4. The Bertz CT molecular complexity index is 4160. The standard InChI is InChI=1S/C80H68N6O8/c1-87-65-29-9-53(10-30-65)81(54-11-31-66(88-2)32-12-54)61-25-45-73-74-46-26-62(82(55-13-33-67(89-3)34-14-55)56-15-35-68(90-4)36-16-56)50-78(74)85(77(73)49-61)86-79-51-63(83(57-17-37-69(91-5)38-18-57)58-19-39-70(92-6)40-20-58)27-47-75(79)76-48-28-64(52-80(76)86)84(59-21-41-71(93-7)42-22-59)60-23-43-72(94-8)44-24-60/h9-52H,1-8H3. The third-order valence-corrected chi connectivity index (χ3v) is 17.3. The fraction of sp³-hybridized carbons (Fsp3) is 0.100. The minimum Gasteiger partial charge on any atom is -0.497 e. The van der Waals surface area contributed by atoms with E-state index in [0.717, 1.165) is 158 Å². The fourth-order valence-corrected chi connectivity index (χ4v) is 12.6. The average Bonchev–Trinajstić information content (AvgIpc) is 1.55. The third kappa shape index (κ3) is 11.1. The predicted molar refractivity (Wildman–Crippen MR) is 381 cm³/mol. The molecule has 12 aromatic carbocycles. The highest BCUT2D eigenvalue weighted by Gasteiger charge is 2.26. The van der Waals surface area contributed by atoms with E-state index in [1.54, 1.807) is 56.9 Å². The van der Waals surface area contributed by atoms with E-state index in [0.29, 0.717) is 0 Å². The first kappa shape index (κ1) is 59.5. The topological polar surface area (TPSA) is 96.7 Å². The molecule has 0 aliphatic heterocycles. The monoisotopic (exact) mass is 1240 g/mol. The minimum atomic E-state index is 0.753. The minimum absolute atomic E-state index is 0.753. The van der Waals surface area contributed by atoms with E-state index in [-0.39, 0.29) is 0 Å². The summed E-state index contributed by atoms with van der Waals surface area (Å²) < 4.78 is 50.5. The molecule has 0 saturated heterocycles. The number of hydrogen-bond donors (Lipinski definition) is 0. The first-order valence-electron chi connectivity index (χ1n) is 30.7. The van der Waals surface area contributed by atoms with Crippen LogP contribution in [0.15, 0.2) is 267 Å². The van der Waals surface area contributed by atoms with Crippen molar-refractivity contribution in [3.63, 3.8) is 0 Å². The summed E-state index contributed by atoms with van der Waals surface area (Å²) in [7, 11) is 13.5. The van der Waals surface area contributed by atoms with Gasteiger partial charge in [0.15, 0.2) is 0 Å². The Morgan fingerprint density at radius 3 is 0.426 bits per heavy atom. The third-order valence-electron chi connectivity index (χ3n) is 17.3. The lowest BCUT2D eigenvalue weighted by Gasteiger charge is -2.27. The van der Waals surface area contributed by atoms with Gasteiger partial charge in [-0.3, -0.25) is 0 Å². The number of benzene rings is 12. The molecule has 0 saturated carbocycles. The second-order valence-electron chi connectivity index (χ2n) is 22.4. The van der Waals surface area contributed by atoms with Crippen molar-refractivity contribution in [2.75, 3.05) is 76.5 Å². The second kappa shape index (κ2) is 25.6. The zero-order chi connectivity index (χ0) is 64.4. The van der Waals surface area contributed by atoms with E-state index in [2.05, 4.69) is 199 Å². The quantitative estimate of drug-likeness (QED) is 0.0685. The fourth-order valence-electron chi connectivity index (χ4n) is 12.6. The molecule has 14 heteroatoms. The Morgan fingerprint density at radius 1 is 0.170 bits per heavy atom. The number of hydrogen-bond acceptors (Lipinski definition) is 12. The summed E-state index contributed by atoms with van der Waals surface area (Å²) in [5, 5.41) is 4.14. The summed E-state index contributed by atoms with van der Waals surface area (Å²) >= 11 is 0. The number of anilines is 12. The van der Waals surface area contributed by atoms with Gasteiger partial charge in [0.25, 0.3) is 0 Å². The van der Waals surface area contributed by atoms with Gasteiger partial charge in [0, 0.05) is 89.8 Å². The Labute approximate surface area is 545 Å². The summed E-state index contributed by atoms with van der Waals surface area (Å²) in [6.45, 7) is 0. The highest BCUT2D eigenvalue weighted by Crippen LogP contribution is 2.47. The van der Waals surface area contributed by atoms with Crippen molar-refractivity contribution < 1.29 is 37.9 Å². The number of rotatable bonds is 21. The molecule has 0 bridgehead atoms. The maximum Gasteiger partial charge on any atom is 0.119 e. The van der Waals surface area contributed by atoms with Crippen LogP contribution in [0.5, 0.6) is 46.0 Å². The van der Waals surface area contributed by atoms with Gasteiger partial charge in [-0.1, -0.05) is 24.3 Å². The van der Waals surface area contributed by atoms with Gasteiger partial charge in [0.2, 0.25) is 0 Å². The van der Waals surface area contributed by atoms with E-state index < -0.39 is 0 Å². The van der Waals surface area contributed by atoms with E-state index in [1.165, 1.54) is 0 Å². The van der Waals surface area contributed by atoms with Gasteiger partial charge in [-0.25, -0.2) is 9.35 Å². The summed E-state index contributed by atoms with van der Waals surface area (Å²) in [5.41, 5.74) is 14.9. The van der Waals surface area contributed by atoms with Gasteiger partial charge in [-0.05, 0) is 243 Å². The summed E-state index contributed by atoms with van der Waals surface area (Å²) in [6.07, 6.45) is 0. The van der Waals surface area contributed by atoms with Crippen molar-refractivity contribution in [1.82, 2.24) is 9.35 Å². The summed E-state index contributed by atoms with van der Waals surface area (Å²) in [4.78, 5) is 9.08. The lowest BCUT2D eigenvalue weighted by atomic mass is 10.1. The second-order valence-corrected chi connectivity index (χ2v) is 22.4. The molecule has 2 aromatic heterocycles. The Balaban J connectivity index is 1.11. The van der Waals surface area contributed by atoms with Crippen LogP contribution in [-0.2, 0) is 0 Å². The largest absolute Gasteiger partial charge is 0.497 e. The van der Waals surface area contributed by atoms with Crippen LogP contribution < -0.4 is 57.5 Å². The van der Waals surface area contributed by atoms with Crippen LogP contribution in [0.1, 0.15) is 0 Å². The van der Waals surface area contributed by atoms with E-state index in [9.17, 15) is 0 Å². The number of methoxy groups -OCH3 is 8. The van der Waals surface area contributed by atoms with Crippen LogP contribution in [0.3, 0.4) is 0 Å². The highest BCUT2D eigenvalue weighted by atomic mass is 16.5. The van der Waals surface area contributed by atoms with Crippen LogP contribution in [0, 0.1) is 0 Å². The van der Waals surface area contributed by atoms with Gasteiger partial charge in [0.1, 0.15) is 46.0 Å². The summed E-state index contributed by atoms with van der Waals surface area (Å²) in [5.74, 6) is 6.02. The number of aromatic nitrogens is 2. The van der Waals surface area contributed by atoms with Gasteiger partial charge >= 0.3 is 0 Å². The lowest BCUT2D eigenvalue weighted by molar-refractivity contribution is 0.414. The average molecular weight is 1240 g/mol. The molecule has 14 nitrogen and oxygen atoms in total. The van der Waals surface area contributed by atoms with E-state index in [1.807, 2.05) is 97.1 Å². The molecule has 0 aliphatic rings. The molecular weight excluding hydrogens is 1170 g/mol. The molecule has 0 spiro atoms. The molecule has 94 heavy (non-hydrogen) atoms. The van der Waals surface area contributed by atoms with Crippen molar-refractivity contribution in [3.8, 4) is 46.0 Å². The summed E-state index contributed by atoms with van der Waals surface area (Å²) in [6, 6.07) is 92.5. The van der Waals surface area contributed by atoms with Gasteiger partial charge < -0.3 is 57.5 Å². The lowest BCUT2D eigenvalue weighted by Crippen LogP contribution is -2.14. The van der Waals surface area contributed by atoms with Crippen LogP contribution in [0.4, 0.5) is 68.2 Å². The van der Waals surface area contributed by atoms with Crippen molar-refractivity contribution >= 4 is 112 Å². The van der Waals surface area contributed by atoms with E-state index >= 15 is 0 Å². The molecular formula is C80H68N6O8. The molecule has 466 valence electrons. The van der Waals surface area contributed by atoms with Crippen LogP contribution in [0.2, 0.25) is 0 Å². The number of ether oxygens (including phenoxy) is 8. The SMILES string of the molecule is COc1ccc(N(c2ccc(OC)cc2)c2ccc3c4ccc(N(c5ccc(OC)cc5)c5ccc(OC)cc5)cc4n(-n4c5cc(N(c6ccc(OC)cc6)c6ccc(OC)cc6)ccc5c5ccc(N(c6ccc(OC)cc6)c6ccc(OC)cc6)cc54)c3c2)cc1. The molecule has 2 heterocycles. The first-order valence-corrected chi connectivity index (χ1v) is 30.7. The first-order chi connectivity index (χ1) is 46.2. The molecule has 0 fully saturated rings. The molecule has 0 radical (unpaired) electrons. The Morgan fingerprint density at radius 2 is 0.298 bits per heavy atom. The van der Waals surface area contributed by atoms with Crippen LogP contribution in [-0.4, -0.2) is 66.2 Å². The van der Waals surface area contributed by atoms with E-state index in [4.69, 9.17) is 37.9 Å². The van der Waals surface area contributed by atoms with Crippen LogP contribution >= 0.6 is 0 Å². The normalized spacial score (nSPS) is 11.2. The molecule has 0 unspecified atom stereocenters. The molecule has 0 amide bonds. The predicted octanol–water partition coefficient (Wildman–Crippen LogP) is 20.2. The van der Waals surface area contributed by atoms with Gasteiger partial charge in [0.05, 0.1) is 78.9 Å². The van der Waals surface area contributed by atoms with Crippen molar-refractivity contribution in [1.29, 1.82) is 0 Å². The smallest absolute Gasteiger partial charge is 0.119 e. The Kier molecular flexibility index (Phi) is 16.2. The maximum absolute atomic E-state index is 5.71. The maximum atomic E-state index is 5.71.